The average molecular weight is 217 g/mol. The van der Waals surface area contributed by atoms with Crippen LogP contribution in [0.5, 0.6) is 0 Å². The molecule has 0 fully saturated rings. The average Bonchev–Trinajstić information content (AvgIpc) is 1.76. The SMILES string of the molecule is CC(C)(N)CC(=O)O.CC(C)=CC(=O)O. The molecule has 0 spiro atoms. The third kappa shape index (κ3) is 24.5. The molecule has 0 rings (SSSR count). The van der Waals surface area contributed by atoms with E-state index in [1.54, 1.807) is 27.7 Å². The van der Waals surface area contributed by atoms with Crippen LogP contribution in [0.15, 0.2) is 11.6 Å². The van der Waals surface area contributed by atoms with Crippen LogP contribution in [0.2, 0.25) is 0 Å². The maximum atomic E-state index is 9.93. The molecule has 15 heavy (non-hydrogen) atoms. The lowest BCUT2D eigenvalue weighted by Gasteiger charge is -2.13. The van der Waals surface area contributed by atoms with E-state index in [1.807, 2.05) is 0 Å². The van der Waals surface area contributed by atoms with Gasteiger partial charge in [0.2, 0.25) is 0 Å². The number of allylic oxidation sites excluding steroid dienone is 1. The van der Waals surface area contributed by atoms with Gasteiger partial charge in [-0.25, -0.2) is 4.79 Å². The second-order valence-electron chi connectivity index (χ2n) is 4.12. The summed E-state index contributed by atoms with van der Waals surface area (Å²) in [5.41, 5.74) is 5.59. The van der Waals surface area contributed by atoms with E-state index < -0.39 is 17.5 Å². The zero-order valence-corrected chi connectivity index (χ0v) is 9.57. The van der Waals surface area contributed by atoms with Gasteiger partial charge in [0.05, 0.1) is 6.42 Å². The van der Waals surface area contributed by atoms with Gasteiger partial charge in [-0.1, -0.05) is 5.57 Å². The molecule has 0 aromatic rings. The minimum atomic E-state index is -0.875. The summed E-state index contributed by atoms with van der Waals surface area (Å²) in [6.07, 6.45) is 1.19. The molecule has 88 valence electrons. The highest BCUT2D eigenvalue weighted by Gasteiger charge is 2.14. The summed E-state index contributed by atoms with van der Waals surface area (Å²) in [6.45, 7) is 6.85. The highest BCUT2D eigenvalue weighted by molar-refractivity contribution is 5.80. The molecule has 0 saturated carbocycles. The fraction of sp³-hybridized carbons (Fsp3) is 0.600. The summed E-state index contributed by atoms with van der Waals surface area (Å²) >= 11 is 0. The fourth-order valence-corrected chi connectivity index (χ4v) is 0.637. The minimum Gasteiger partial charge on any atom is -0.481 e. The minimum absolute atomic E-state index is 0.0208. The zero-order valence-electron chi connectivity index (χ0n) is 9.57. The van der Waals surface area contributed by atoms with Crippen molar-refractivity contribution in [1.82, 2.24) is 0 Å². The molecule has 0 aromatic heterocycles. The van der Waals surface area contributed by atoms with Gasteiger partial charge in [-0.05, 0) is 27.7 Å². The Bertz CT molecular complexity index is 247. The summed E-state index contributed by atoms with van der Waals surface area (Å²) in [7, 11) is 0. The molecule has 0 aliphatic carbocycles. The summed E-state index contributed by atoms with van der Waals surface area (Å²) in [4.78, 5) is 19.7. The van der Waals surface area contributed by atoms with Crippen molar-refractivity contribution in [1.29, 1.82) is 0 Å². The molecule has 0 heterocycles. The van der Waals surface area contributed by atoms with Crippen LogP contribution >= 0.6 is 0 Å². The third-order valence-corrected chi connectivity index (χ3v) is 1.02. The Morgan fingerprint density at radius 3 is 1.67 bits per heavy atom. The zero-order chi connectivity index (χ0) is 12.6. The highest BCUT2D eigenvalue weighted by Crippen LogP contribution is 2.01. The first-order valence-electron chi connectivity index (χ1n) is 4.43. The van der Waals surface area contributed by atoms with Crippen LogP contribution in [-0.2, 0) is 9.59 Å². The maximum Gasteiger partial charge on any atom is 0.328 e. The predicted octanol–water partition coefficient (Wildman–Crippen LogP) is 1.24. The smallest absolute Gasteiger partial charge is 0.328 e. The number of nitrogens with two attached hydrogens (primary N) is 1. The number of carboxylic acids is 2. The summed E-state index contributed by atoms with van der Waals surface area (Å²) in [5, 5.41) is 16.2. The molecule has 5 nitrogen and oxygen atoms in total. The van der Waals surface area contributed by atoms with Crippen molar-refractivity contribution >= 4 is 11.9 Å². The van der Waals surface area contributed by atoms with Crippen molar-refractivity contribution in [3.8, 4) is 0 Å². The molecular weight excluding hydrogens is 198 g/mol. The van der Waals surface area contributed by atoms with E-state index in [0.717, 1.165) is 5.57 Å². The Kier molecular flexibility index (Phi) is 7.51. The Hall–Kier alpha value is -1.36. The van der Waals surface area contributed by atoms with Gasteiger partial charge < -0.3 is 15.9 Å². The van der Waals surface area contributed by atoms with Crippen LogP contribution in [-0.4, -0.2) is 27.7 Å². The molecule has 0 amide bonds. The summed E-state index contributed by atoms with van der Waals surface area (Å²) in [5.74, 6) is -1.72. The molecule has 0 atom stereocenters. The number of aliphatic carboxylic acids is 2. The van der Waals surface area contributed by atoms with Crippen LogP contribution in [0.1, 0.15) is 34.1 Å². The molecule has 4 N–H and O–H groups in total. The topological polar surface area (TPSA) is 101 Å². The molecule has 0 unspecified atom stereocenters. The van der Waals surface area contributed by atoms with Crippen LogP contribution in [0, 0.1) is 0 Å². The Morgan fingerprint density at radius 1 is 1.27 bits per heavy atom. The first-order valence-corrected chi connectivity index (χ1v) is 4.43. The van der Waals surface area contributed by atoms with Crippen molar-refractivity contribution in [2.75, 3.05) is 0 Å². The fourth-order valence-electron chi connectivity index (χ4n) is 0.637. The van der Waals surface area contributed by atoms with Crippen LogP contribution in [0.3, 0.4) is 0 Å². The lowest BCUT2D eigenvalue weighted by atomic mass is 10.0. The highest BCUT2D eigenvalue weighted by atomic mass is 16.4. The normalized spacial score (nSPS) is 9.67. The second-order valence-corrected chi connectivity index (χ2v) is 4.12. The first kappa shape index (κ1) is 16.1. The van der Waals surface area contributed by atoms with E-state index in [2.05, 4.69) is 0 Å². The molecular formula is C10H19NO4. The van der Waals surface area contributed by atoms with Crippen molar-refractivity contribution in [2.45, 2.75) is 39.7 Å². The van der Waals surface area contributed by atoms with Crippen molar-refractivity contribution in [3.05, 3.63) is 11.6 Å². The van der Waals surface area contributed by atoms with E-state index in [4.69, 9.17) is 15.9 Å². The molecule has 0 radical (unpaired) electrons. The molecule has 0 saturated heterocycles. The van der Waals surface area contributed by atoms with Crippen molar-refractivity contribution < 1.29 is 19.8 Å². The van der Waals surface area contributed by atoms with Gasteiger partial charge in [-0.2, -0.15) is 0 Å². The third-order valence-electron chi connectivity index (χ3n) is 1.02. The van der Waals surface area contributed by atoms with Gasteiger partial charge in [-0.3, -0.25) is 4.79 Å². The van der Waals surface area contributed by atoms with Crippen LogP contribution in [0.4, 0.5) is 0 Å². The predicted molar refractivity (Wildman–Crippen MR) is 57.6 cm³/mol. The van der Waals surface area contributed by atoms with Crippen molar-refractivity contribution in [2.24, 2.45) is 5.73 Å². The van der Waals surface area contributed by atoms with Gasteiger partial charge in [0.15, 0.2) is 0 Å². The van der Waals surface area contributed by atoms with Gasteiger partial charge >= 0.3 is 11.9 Å². The van der Waals surface area contributed by atoms with Gasteiger partial charge in [-0.15, -0.1) is 0 Å². The van der Waals surface area contributed by atoms with E-state index in [-0.39, 0.29) is 6.42 Å². The van der Waals surface area contributed by atoms with Gasteiger partial charge in [0.25, 0.3) is 0 Å². The Labute approximate surface area is 89.6 Å². The molecule has 0 bridgehead atoms. The summed E-state index contributed by atoms with van der Waals surface area (Å²) < 4.78 is 0. The van der Waals surface area contributed by atoms with Crippen molar-refractivity contribution in [3.63, 3.8) is 0 Å². The standard InChI is InChI=1S/C5H11NO2.C5H8O2/c1-5(2,6)3-4(7)8;1-4(2)3-5(6)7/h3,6H2,1-2H3,(H,7,8);3H,1-2H3,(H,6,7). The molecule has 0 aliphatic rings. The quantitative estimate of drug-likeness (QED) is 0.617. The van der Waals surface area contributed by atoms with E-state index in [0.29, 0.717) is 0 Å². The molecule has 5 heteroatoms. The number of carboxylic acid groups (broad SMARTS) is 2. The van der Waals surface area contributed by atoms with Crippen LogP contribution < -0.4 is 5.73 Å². The van der Waals surface area contributed by atoms with Crippen LogP contribution in [0.25, 0.3) is 0 Å². The number of hydrogen-bond donors (Lipinski definition) is 3. The lowest BCUT2D eigenvalue weighted by Crippen LogP contribution is -2.34. The summed E-state index contributed by atoms with van der Waals surface area (Å²) in [6, 6.07) is 0. The van der Waals surface area contributed by atoms with E-state index in [1.165, 1.54) is 6.08 Å². The Morgan fingerprint density at radius 2 is 1.67 bits per heavy atom. The number of hydrogen-bond acceptors (Lipinski definition) is 3. The molecule has 0 aliphatic heterocycles. The van der Waals surface area contributed by atoms with E-state index in [9.17, 15) is 9.59 Å². The number of carbonyl (C=O) groups is 2. The van der Waals surface area contributed by atoms with E-state index >= 15 is 0 Å². The largest absolute Gasteiger partial charge is 0.481 e. The Balaban J connectivity index is 0. The van der Waals surface area contributed by atoms with Gasteiger partial charge in [0.1, 0.15) is 0 Å². The molecule has 0 aromatic carbocycles. The monoisotopic (exact) mass is 217 g/mol. The second kappa shape index (κ2) is 7.00. The maximum absolute atomic E-state index is 9.93. The van der Waals surface area contributed by atoms with Gasteiger partial charge in [0, 0.05) is 11.6 Å². The first-order chi connectivity index (χ1) is 6.54. The number of rotatable bonds is 3. The lowest BCUT2D eigenvalue weighted by molar-refractivity contribution is -0.138.